The minimum Gasteiger partial charge on any atom is -0.384 e. The molecule has 2 N–H and O–H groups in total. The molecule has 3 nitrogen and oxygen atoms in total. The first-order valence-electron chi connectivity index (χ1n) is 7.23. The SMILES string of the molecule is CCCC1CC1NCC1(COC)CCNCC1. The fourth-order valence-electron chi connectivity index (χ4n) is 3.17. The number of nitrogens with one attached hydrogen (secondary N) is 2. The van der Waals surface area contributed by atoms with Crippen molar-refractivity contribution >= 4 is 0 Å². The summed E-state index contributed by atoms with van der Waals surface area (Å²) in [5.74, 6) is 0.960. The van der Waals surface area contributed by atoms with Gasteiger partial charge < -0.3 is 15.4 Å². The van der Waals surface area contributed by atoms with Crippen molar-refractivity contribution in [2.24, 2.45) is 11.3 Å². The van der Waals surface area contributed by atoms with Gasteiger partial charge in [0.1, 0.15) is 0 Å². The predicted molar refractivity (Wildman–Crippen MR) is 71.2 cm³/mol. The van der Waals surface area contributed by atoms with Crippen molar-refractivity contribution in [3.05, 3.63) is 0 Å². The Hall–Kier alpha value is -0.120. The second-order valence-electron chi connectivity index (χ2n) is 5.95. The third kappa shape index (κ3) is 3.67. The zero-order valence-electron chi connectivity index (χ0n) is 11.4. The predicted octanol–water partition coefficient (Wildman–Crippen LogP) is 1.78. The van der Waals surface area contributed by atoms with E-state index in [1.807, 2.05) is 7.11 Å². The van der Waals surface area contributed by atoms with Gasteiger partial charge in [-0.2, -0.15) is 0 Å². The molecule has 2 atom stereocenters. The Morgan fingerprint density at radius 1 is 1.35 bits per heavy atom. The van der Waals surface area contributed by atoms with Crippen molar-refractivity contribution in [1.82, 2.24) is 10.6 Å². The Morgan fingerprint density at radius 3 is 2.76 bits per heavy atom. The molecule has 0 spiro atoms. The van der Waals surface area contributed by atoms with Crippen molar-refractivity contribution in [3.63, 3.8) is 0 Å². The lowest BCUT2D eigenvalue weighted by Gasteiger charge is -2.37. The zero-order chi connectivity index (χ0) is 12.1. The lowest BCUT2D eigenvalue weighted by Crippen LogP contribution is -2.46. The maximum Gasteiger partial charge on any atom is 0.0531 e. The number of methoxy groups -OCH3 is 1. The molecule has 0 aromatic rings. The van der Waals surface area contributed by atoms with E-state index in [0.29, 0.717) is 5.41 Å². The number of ether oxygens (including phenoxy) is 1. The van der Waals surface area contributed by atoms with Gasteiger partial charge in [0.2, 0.25) is 0 Å². The van der Waals surface area contributed by atoms with E-state index in [1.165, 1.54) is 32.1 Å². The smallest absolute Gasteiger partial charge is 0.0531 e. The highest BCUT2D eigenvalue weighted by atomic mass is 16.5. The van der Waals surface area contributed by atoms with Gasteiger partial charge in [-0.3, -0.25) is 0 Å². The minimum absolute atomic E-state index is 0.388. The number of rotatable bonds is 7. The van der Waals surface area contributed by atoms with Gasteiger partial charge in [-0.15, -0.1) is 0 Å². The van der Waals surface area contributed by atoms with E-state index in [-0.39, 0.29) is 0 Å². The summed E-state index contributed by atoms with van der Waals surface area (Å²) in [5, 5.41) is 7.23. The molecule has 3 heteroatoms. The molecule has 0 amide bonds. The third-order valence-corrected chi connectivity index (χ3v) is 4.44. The van der Waals surface area contributed by atoms with Gasteiger partial charge in [-0.1, -0.05) is 13.3 Å². The van der Waals surface area contributed by atoms with Gasteiger partial charge in [0.15, 0.2) is 0 Å². The molecule has 2 fully saturated rings. The summed E-state index contributed by atoms with van der Waals surface area (Å²) < 4.78 is 5.44. The van der Waals surface area contributed by atoms with Gasteiger partial charge in [0, 0.05) is 25.1 Å². The molecule has 100 valence electrons. The van der Waals surface area contributed by atoms with Crippen LogP contribution < -0.4 is 10.6 Å². The van der Waals surface area contributed by atoms with Crippen LogP contribution in [0.4, 0.5) is 0 Å². The normalized spacial score (nSPS) is 31.4. The Balaban J connectivity index is 1.74. The molecule has 17 heavy (non-hydrogen) atoms. The maximum absolute atomic E-state index is 5.44. The molecule has 2 aliphatic rings. The van der Waals surface area contributed by atoms with Crippen LogP contribution in [0.3, 0.4) is 0 Å². The van der Waals surface area contributed by atoms with E-state index in [9.17, 15) is 0 Å². The highest BCUT2D eigenvalue weighted by Gasteiger charge is 2.39. The molecule has 1 aliphatic heterocycles. The first kappa shape index (κ1) is 13.3. The largest absolute Gasteiger partial charge is 0.384 e. The van der Waals surface area contributed by atoms with Gasteiger partial charge in [0.05, 0.1) is 6.61 Å². The van der Waals surface area contributed by atoms with Crippen LogP contribution in [0.1, 0.15) is 39.0 Å². The summed E-state index contributed by atoms with van der Waals surface area (Å²) in [7, 11) is 1.83. The summed E-state index contributed by atoms with van der Waals surface area (Å²) in [6.07, 6.45) is 6.62. The van der Waals surface area contributed by atoms with Crippen LogP contribution in [0.2, 0.25) is 0 Å². The van der Waals surface area contributed by atoms with Gasteiger partial charge in [0.25, 0.3) is 0 Å². The van der Waals surface area contributed by atoms with E-state index in [2.05, 4.69) is 17.6 Å². The molecule has 1 saturated heterocycles. The standard InChI is InChI=1S/C14H28N2O/c1-3-4-12-9-13(12)16-10-14(11-17-2)5-7-15-8-6-14/h12-13,15-16H,3-11H2,1-2H3. The van der Waals surface area contributed by atoms with Crippen LogP contribution in [0.15, 0.2) is 0 Å². The Kier molecular flexibility index (Phi) is 4.83. The monoisotopic (exact) mass is 240 g/mol. The van der Waals surface area contributed by atoms with Crippen molar-refractivity contribution < 1.29 is 4.74 Å². The van der Waals surface area contributed by atoms with E-state index in [4.69, 9.17) is 4.74 Å². The van der Waals surface area contributed by atoms with Crippen molar-refractivity contribution in [2.45, 2.75) is 45.1 Å². The highest BCUT2D eigenvalue weighted by Crippen LogP contribution is 2.36. The summed E-state index contributed by atoms with van der Waals surface area (Å²) in [4.78, 5) is 0. The summed E-state index contributed by atoms with van der Waals surface area (Å²) in [5.41, 5.74) is 0.388. The molecule has 0 aromatic heterocycles. The summed E-state index contributed by atoms with van der Waals surface area (Å²) >= 11 is 0. The molecule has 0 radical (unpaired) electrons. The fraction of sp³-hybridized carbons (Fsp3) is 1.00. The van der Waals surface area contributed by atoms with Gasteiger partial charge in [-0.25, -0.2) is 0 Å². The Labute approximate surface area is 106 Å². The molecular weight excluding hydrogens is 212 g/mol. The molecule has 1 aliphatic carbocycles. The molecule has 0 bridgehead atoms. The molecule has 1 saturated carbocycles. The molecule has 2 rings (SSSR count). The number of piperidine rings is 1. The number of hydrogen-bond donors (Lipinski definition) is 2. The average Bonchev–Trinajstić information content (AvgIpc) is 3.08. The highest BCUT2D eigenvalue weighted by molar-refractivity contribution is 4.95. The summed E-state index contributed by atoms with van der Waals surface area (Å²) in [6.45, 7) is 6.64. The van der Waals surface area contributed by atoms with E-state index in [1.54, 1.807) is 0 Å². The fourth-order valence-corrected chi connectivity index (χ4v) is 3.17. The molecule has 0 aromatic carbocycles. The molecule has 1 heterocycles. The lowest BCUT2D eigenvalue weighted by atomic mass is 9.79. The topological polar surface area (TPSA) is 33.3 Å². The Morgan fingerprint density at radius 2 is 2.12 bits per heavy atom. The van der Waals surface area contributed by atoms with Crippen LogP contribution in [-0.2, 0) is 4.74 Å². The second-order valence-corrected chi connectivity index (χ2v) is 5.95. The van der Waals surface area contributed by atoms with Crippen LogP contribution in [0, 0.1) is 11.3 Å². The first-order chi connectivity index (χ1) is 8.29. The van der Waals surface area contributed by atoms with Crippen LogP contribution in [-0.4, -0.2) is 39.4 Å². The maximum atomic E-state index is 5.44. The van der Waals surface area contributed by atoms with Crippen molar-refractivity contribution in [3.8, 4) is 0 Å². The first-order valence-corrected chi connectivity index (χ1v) is 7.23. The average molecular weight is 240 g/mol. The van der Waals surface area contributed by atoms with Crippen LogP contribution in [0.5, 0.6) is 0 Å². The van der Waals surface area contributed by atoms with Crippen LogP contribution >= 0.6 is 0 Å². The van der Waals surface area contributed by atoms with Gasteiger partial charge in [-0.05, 0) is 44.7 Å². The molecular formula is C14H28N2O. The third-order valence-electron chi connectivity index (χ3n) is 4.44. The quantitative estimate of drug-likeness (QED) is 0.712. The van der Waals surface area contributed by atoms with Crippen LogP contribution in [0.25, 0.3) is 0 Å². The van der Waals surface area contributed by atoms with E-state index >= 15 is 0 Å². The molecule has 2 unspecified atom stereocenters. The number of hydrogen-bond acceptors (Lipinski definition) is 3. The van der Waals surface area contributed by atoms with Crippen molar-refractivity contribution in [2.75, 3.05) is 33.4 Å². The minimum atomic E-state index is 0.388. The second kappa shape index (κ2) is 6.17. The van der Waals surface area contributed by atoms with E-state index in [0.717, 1.165) is 38.2 Å². The van der Waals surface area contributed by atoms with Crippen molar-refractivity contribution in [1.29, 1.82) is 0 Å². The van der Waals surface area contributed by atoms with Gasteiger partial charge >= 0.3 is 0 Å². The Bertz CT molecular complexity index is 221. The zero-order valence-corrected chi connectivity index (χ0v) is 11.4. The lowest BCUT2D eigenvalue weighted by molar-refractivity contribution is 0.0531. The van der Waals surface area contributed by atoms with E-state index < -0.39 is 0 Å². The summed E-state index contributed by atoms with van der Waals surface area (Å²) in [6, 6.07) is 0.804.